The second kappa shape index (κ2) is 11.5. The summed E-state index contributed by atoms with van der Waals surface area (Å²) in [4.78, 5) is 33.6. The number of alkyl halides is 3. The van der Waals surface area contributed by atoms with Crippen LogP contribution in [0.1, 0.15) is 12.7 Å². The van der Waals surface area contributed by atoms with Crippen LogP contribution in [-0.2, 0) is 4.79 Å². The van der Waals surface area contributed by atoms with E-state index in [1.165, 1.54) is 37.5 Å². The van der Waals surface area contributed by atoms with Crippen LogP contribution in [0.15, 0.2) is 41.0 Å². The van der Waals surface area contributed by atoms with Crippen molar-refractivity contribution in [1.29, 1.82) is 10.8 Å². The molecule has 2 amide bonds. The van der Waals surface area contributed by atoms with Gasteiger partial charge in [0.15, 0.2) is 0 Å². The number of H-pyrrole nitrogens is 1. The van der Waals surface area contributed by atoms with E-state index in [-0.39, 0.29) is 5.69 Å². The van der Waals surface area contributed by atoms with Gasteiger partial charge in [-0.25, -0.2) is 14.6 Å². The Kier molecular flexibility index (Phi) is 8.81. The predicted octanol–water partition coefficient (Wildman–Crippen LogP) is 3.60. The van der Waals surface area contributed by atoms with Gasteiger partial charge in [0.25, 0.3) is 0 Å². The van der Waals surface area contributed by atoms with Gasteiger partial charge in [-0.05, 0) is 30.7 Å². The Morgan fingerprint density at radius 2 is 2.06 bits per heavy atom. The van der Waals surface area contributed by atoms with Crippen molar-refractivity contribution in [3.63, 3.8) is 0 Å². The number of aliphatic imine (C=N–C) groups is 1. The molecule has 2 unspecified atom stereocenters. The molecule has 0 aliphatic heterocycles. The first-order valence-electron chi connectivity index (χ1n) is 9.78. The minimum Gasteiger partial charge on any atom is -0.480 e. The Bertz CT molecular complexity index is 1110. The number of nitrogens with one attached hydrogen (secondary N) is 5. The highest BCUT2D eigenvalue weighted by atomic mass is 19.4. The van der Waals surface area contributed by atoms with E-state index in [9.17, 15) is 22.8 Å². The quantitative estimate of drug-likeness (QED) is 0.288. The van der Waals surface area contributed by atoms with Gasteiger partial charge in [0, 0.05) is 29.9 Å². The summed E-state index contributed by atoms with van der Waals surface area (Å²) in [6.07, 6.45) is 1.74. The van der Waals surface area contributed by atoms with Crippen molar-refractivity contribution < 1.29 is 27.9 Å². The Morgan fingerprint density at radius 1 is 1.32 bits per heavy atom. The third-order valence-electron chi connectivity index (χ3n) is 4.34. The first-order chi connectivity index (χ1) is 16.0. The minimum absolute atomic E-state index is 0.261. The third-order valence-corrected chi connectivity index (χ3v) is 4.34. The van der Waals surface area contributed by atoms with Crippen LogP contribution in [0.2, 0.25) is 0 Å². The Labute approximate surface area is 192 Å². The average Bonchev–Trinajstić information content (AvgIpc) is 3.25. The molecule has 0 fully saturated rings. The molecule has 2 rings (SSSR count). The number of carbonyl (C=O) groups excluding carboxylic acids is 1. The first-order valence-corrected chi connectivity index (χ1v) is 9.78. The number of carboxylic acids is 1. The largest absolute Gasteiger partial charge is 0.480 e. The fourth-order valence-corrected chi connectivity index (χ4v) is 2.58. The van der Waals surface area contributed by atoms with Crippen LogP contribution >= 0.6 is 0 Å². The maximum atomic E-state index is 12.2. The van der Waals surface area contributed by atoms with Crippen LogP contribution in [0.3, 0.4) is 0 Å². The maximum absolute atomic E-state index is 12.2. The number of benzene rings is 1. The summed E-state index contributed by atoms with van der Waals surface area (Å²) in [5, 5.41) is 28.1. The standard InChI is InChI=1S/C21H22F3N7O3/c1-12(19(32)33)27-9-15(8-26)14(7-25)6-18-28-10-17(31-18)13-3-2-4-16(5-13)30-20(34)29-11-21(22,23)24/h2-10,12,15,25-26H,11H2,1H3,(H,28,31)(H,32,33)(H2,29,30,34)/b14-6+,25-7?,26-8?,27-9?. The summed E-state index contributed by atoms with van der Waals surface area (Å²) in [6, 6.07) is 4.33. The zero-order valence-electron chi connectivity index (χ0n) is 17.8. The molecule has 180 valence electrons. The molecule has 0 saturated carbocycles. The van der Waals surface area contributed by atoms with Gasteiger partial charge in [-0.1, -0.05) is 12.1 Å². The van der Waals surface area contributed by atoms with Gasteiger partial charge < -0.3 is 31.5 Å². The SMILES string of the molecule is CC(N=CC(C=N)/C(C=N)=C/c1ncc(-c2cccc(NC(=O)NCC(F)(F)F)c2)[nH]1)C(=O)O. The molecule has 2 atom stereocenters. The fourth-order valence-electron chi connectivity index (χ4n) is 2.58. The van der Waals surface area contributed by atoms with E-state index in [4.69, 9.17) is 15.9 Å². The van der Waals surface area contributed by atoms with E-state index >= 15 is 0 Å². The number of hydrogen-bond donors (Lipinski definition) is 6. The van der Waals surface area contributed by atoms with Crippen molar-refractivity contribution in [2.24, 2.45) is 10.9 Å². The molecule has 34 heavy (non-hydrogen) atoms. The number of aromatic nitrogens is 2. The summed E-state index contributed by atoms with van der Waals surface area (Å²) < 4.78 is 36.7. The van der Waals surface area contributed by atoms with Crippen LogP contribution in [0, 0.1) is 16.7 Å². The van der Waals surface area contributed by atoms with Gasteiger partial charge in [-0.3, -0.25) is 4.99 Å². The van der Waals surface area contributed by atoms with Gasteiger partial charge in [-0.15, -0.1) is 0 Å². The number of imidazole rings is 1. The molecule has 0 saturated heterocycles. The van der Waals surface area contributed by atoms with Crippen LogP contribution in [0.5, 0.6) is 0 Å². The molecule has 1 aromatic heterocycles. The maximum Gasteiger partial charge on any atom is 0.405 e. The van der Waals surface area contributed by atoms with E-state index < -0.39 is 36.7 Å². The highest BCUT2D eigenvalue weighted by Gasteiger charge is 2.27. The van der Waals surface area contributed by atoms with Crippen LogP contribution in [0.4, 0.5) is 23.7 Å². The van der Waals surface area contributed by atoms with Gasteiger partial charge in [0.1, 0.15) is 18.4 Å². The Morgan fingerprint density at radius 3 is 2.68 bits per heavy atom. The molecule has 2 aromatic rings. The number of halogens is 3. The van der Waals surface area contributed by atoms with Crippen molar-refractivity contribution in [1.82, 2.24) is 15.3 Å². The molecular formula is C21H22F3N7O3. The number of amides is 2. The van der Waals surface area contributed by atoms with Crippen molar-refractivity contribution in [2.75, 3.05) is 11.9 Å². The smallest absolute Gasteiger partial charge is 0.405 e. The lowest BCUT2D eigenvalue weighted by Gasteiger charge is -2.10. The molecule has 0 spiro atoms. The molecule has 1 heterocycles. The molecule has 10 nitrogen and oxygen atoms in total. The molecule has 1 aromatic carbocycles. The second-order valence-electron chi connectivity index (χ2n) is 6.98. The van der Waals surface area contributed by atoms with Crippen LogP contribution < -0.4 is 10.6 Å². The molecule has 0 bridgehead atoms. The molecule has 0 aliphatic carbocycles. The van der Waals surface area contributed by atoms with E-state index in [1.54, 1.807) is 17.4 Å². The van der Waals surface area contributed by atoms with Gasteiger partial charge in [0.2, 0.25) is 0 Å². The molecule has 6 N–H and O–H groups in total. The number of hydrogen-bond acceptors (Lipinski definition) is 6. The van der Waals surface area contributed by atoms with Crippen LogP contribution in [0.25, 0.3) is 17.3 Å². The molecule has 13 heteroatoms. The van der Waals surface area contributed by atoms with E-state index in [1.807, 2.05) is 0 Å². The van der Waals surface area contributed by atoms with Gasteiger partial charge in [-0.2, -0.15) is 13.2 Å². The molecule has 0 aliphatic rings. The lowest BCUT2D eigenvalue weighted by molar-refractivity contribution is -0.138. The van der Waals surface area contributed by atoms with Crippen molar-refractivity contribution in [3.05, 3.63) is 41.9 Å². The second-order valence-corrected chi connectivity index (χ2v) is 6.98. The van der Waals surface area contributed by atoms with E-state index in [2.05, 4.69) is 20.3 Å². The number of aliphatic carboxylic acids is 1. The number of aromatic amines is 1. The number of nitrogens with zero attached hydrogens (tertiary/aromatic N) is 2. The zero-order valence-corrected chi connectivity index (χ0v) is 17.8. The fraction of sp³-hybridized carbons (Fsp3) is 0.238. The van der Waals surface area contributed by atoms with E-state index in [0.29, 0.717) is 22.7 Å². The minimum atomic E-state index is -4.52. The predicted molar refractivity (Wildman–Crippen MR) is 122 cm³/mol. The summed E-state index contributed by atoms with van der Waals surface area (Å²) in [6.45, 7) is -0.0733. The Hall–Kier alpha value is -4.29. The number of carbonyl (C=O) groups is 2. The third kappa shape index (κ3) is 8.00. The summed E-state index contributed by atoms with van der Waals surface area (Å²) in [7, 11) is 0. The van der Waals surface area contributed by atoms with Crippen molar-refractivity contribution in [3.8, 4) is 11.3 Å². The number of allylic oxidation sites excluding steroid dienone is 1. The molecule has 0 radical (unpaired) electrons. The molecular weight excluding hydrogens is 455 g/mol. The summed E-state index contributed by atoms with van der Waals surface area (Å²) >= 11 is 0. The van der Waals surface area contributed by atoms with Crippen LogP contribution in [-0.4, -0.2) is 64.5 Å². The normalized spacial score (nSPS) is 13.8. The Balaban J connectivity index is 2.17. The monoisotopic (exact) mass is 477 g/mol. The van der Waals surface area contributed by atoms with Gasteiger partial charge >= 0.3 is 18.2 Å². The highest BCUT2D eigenvalue weighted by molar-refractivity contribution is 5.99. The first kappa shape index (κ1) is 26.0. The summed E-state index contributed by atoms with van der Waals surface area (Å²) in [5.41, 5.74) is 1.69. The zero-order chi connectivity index (χ0) is 25.3. The van der Waals surface area contributed by atoms with Gasteiger partial charge in [0.05, 0.1) is 17.8 Å². The average molecular weight is 477 g/mol. The number of anilines is 1. The van der Waals surface area contributed by atoms with Crippen molar-refractivity contribution in [2.45, 2.75) is 19.1 Å². The van der Waals surface area contributed by atoms with Crippen molar-refractivity contribution >= 4 is 42.4 Å². The topological polar surface area (TPSA) is 167 Å². The number of carboxylic acid groups (broad SMARTS) is 1. The highest BCUT2D eigenvalue weighted by Crippen LogP contribution is 2.22. The lowest BCUT2D eigenvalue weighted by Crippen LogP contribution is -2.36. The summed E-state index contributed by atoms with van der Waals surface area (Å²) in [5.74, 6) is -1.53. The van der Waals surface area contributed by atoms with E-state index in [0.717, 1.165) is 12.4 Å². The number of rotatable bonds is 10. The lowest BCUT2D eigenvalue weighted by atomic mass is 10.0. The number of urea groups is 1.